The highest BCUT2D eigenvalue weighted by Crippen LogP contribution is 2.76. The van der Waals surface area contributed by atoms with Crippen LogP contribution in [0.1, 0.15) is 190 Å². The van der Waals surface area contributed by atoms with Gasteiger partial charge in [0.2, 0.25) is 0 Å². The molecule has 3 unspecified atom stereocenters. The molecule has 0 aliphatic heterocycles. The number of hydrogen-bond acceptors (Lipinski definition) is 2. The molecule has 2 N–H and O–H groups in total. The van der Waals surface area contributed by atoms with E-state index in [0.717, 1.165) is 31.1 Å². The minimum Gasteiger partial charge on any atom is -0.481 e. The summed E-state index contributed by atoms with van der Waals surface area (Å²) in [5, 5.41) is 19.9. The van der Waals surface area contributed by atoms with Gasteiger partial charge in [-0.15, -0.1) is 0 Å². The van der Waals surface area contributed by atoms with Crippen molar-refractivity contribution in [2.75, 3.05) is 0 Å². The van der Waals surface area contributed by atoms with Crippen LogP contribution in [0, 0.1) is 50.2 Å². The highest BCUT2D eigenvalue weighted by molar-refractivity contribution is 5.66. The molecule has 45 heavy (non-hydrogen) atoms. The normalized spacial score (nSPS) is 41.6. The molecule has 8 atom stereocenters. The maximum absolute atomic E-state index is 11.1. The average molecular weight is 625 g/mol. The Balaban J connectivity index is 1.22. The summed E-state index contributed by atoms with van der Waals surface area (Å²) in [5.41, 5.74) is 3.92. The van der Waals surface area contributed by atoms with Gasteiger partial charge in [-0.1, -0.05) is 118 Å². The molecule has 4 saturated carbocycles. The lowest BCUT2D eigenvalue weighted by Crippen LogP contribution is -2.64. The van der Waals surface area contributed by atoms with Crippen molar-refractivity contribution in [1.29, 1.82) is 0 Å². The van der Waals surface area contributed by atoms with Gasteiger partial charge >= 0.3 is 5.97 Å². The molecule has 0 amide bonds. The predicted octanol–water partition coefficient (Wildman–Crippen LogP) is 11.9. The molecule has 5 aliphatic carbocycles. The SMILES string of the molecule is CC1(C)CC[C@]2(CCCCCCCCCCCCC(=O)O)CC[C@]3(C)C(=CCC4[C@@]5(C)CC[C@H](O)C(C)(C)C5CC[C@]43C)C2C1. The summed E-state index contributed by atoms with van der Waals surface area (Å²) in [6, 6.07) is 0. The third-order valence-corrected chi connectivity index (χ3v) is 16.1. The molecule has 3 nitrogen and oxygen atoms in total. The zero-order chi connectivity index (χ0) is 32.7. The Morgan fingerprint density at radius 3 is 1.98 bits per heavy atom. The molecule has 0 bridgehead atoms. The lowest BCUT2D eigenvalue weighted by atomic mass is 9.33. The van der Waals surface area contributed by atoms with E-state index in [-0.39, 0.29) is 11.5 Å². The largest absolute Gasteiger partial charge is 0.481 e. The van der Waals surface area contributed by atoms with Crippen LogP contribution < -0.4 is 0 Å². The number of fused-ring (bicyclic) bond motifs is 7. The Bertz CT molecular complexity index is 1070. The molecule has 5 rings (SSSR count). The van der Waals surface area contributed by atoms with Crippen molar-refractivity contribution in [3.63, 3.8) is 0 Å². The van der Waals surface area contributed by atoms with Gasteiger partial charge in [0.15, 0.2) is 0 Å². The maximum atomic E-state index is 11.1. The number of allylic oxidation sites excluding steroid dienone is 2. The van der Waals surface area contributed by atoms with E-state index in [9.17, 15) is 9.90 Å². The zero-order valence-corrected chi connectivity index (χ0v) is 30.7. The molecule has 0 spiro atoms. The molecule has 258 valence electrons. The van der Waals surface area contributed by atoms with Crippen molar-refractivity contribution in [2.45, 2.75) is 196 Å². The van der Waals surface area contributed by atoms with Crippen LogP contribution in [0.3, 0.4) is 0 Å². The van der Waals surface area contributed by atoms with Gasteiger partial charge in [0, 0.05) is 6.42 Å². The van der Waals surface area contributed by atoms with E-state index in [4.69, 9.17) is 5.11 Å². The Morgan fingerprint density at radius 2 is 1.33 bits per heavy atom. The number of carboxylic acids is 1. The fraction of sp³-hybridized carbons (Fsp3) is 0.929. The van der Waals surface area contributed by atoms with Crippen molar-refractivity contribution in [2.24, 2.45) is 50.2 Å². The second-order valence-corrected chi connectivity index (χ2v) is 19.4. The van der Waals surface area contributed by atoms with Crippen LogP contribution in [0.2, 0.25) is 0 Å². The summed E-state index contributed by atoms with van der Waals surface area (Å²) in [7, 11) is 0. The van der Waals surface area contributed by atoms with E-state index in [0.29, 0.717) is 39.4 Å². The summed E-state index contributed by atoms with van der Waals surface area (Å²) in [6.07, 6.45) is 30.2. The molecule has 0 heterocycles. The average Bonchev–Trinajstić information content (AvgIpc) is 2.96. The van der Waals surface area contributed by atoms with E-state index < -0.39 is 5.97 Å². The van der Waals surface area contributed by atoms with Gasteiger partial charge in [-0.2, -0.15) is 0 Å². The number of rotatable bonds is 13. The molecule has 0 aromatic rings. The first-order valence-corrected chi connectivity index (χ1v) is 19.7. The van der Waals surface area contributed by atoms with Crippen molar-refractivity contribution in [3.05, 3.63) is 11.6 Å². The highest BCUT2D eigenvalue weighted by Gasteiger charge is 2.68. The standard InChI is InChI=1S/C42H72O3/c1-37(2)26-28-42(23-17-15-13-11-9-8-10-12-14-16-18-36(44)45)29-27-40(6)31(32(42)30-37)19-20-34-39(5)24-22-35(43)38(3,4)33(39)21-25-41(34,40)7/h19,32-35,43H,8-18,20-30H2,1-7H3,(H,44,45)/t32?,33?,34?,35-,39-,40+,41+,42+/m0/s1. The maximum Gasteiger partial charge on any atom is 0.303 e. The van der Waals surface area contributed by atoms with E-state index in [1.165, 1.54) is 116 Å². The number of carbonyl (C=O) groups is 1. The van der Waals surface area contributed by atoms with Gasteiger partial charge in [0.25, 0.3) is 0 Å². The first kappa shape index (κ1) is 35.5. The number of aliphatic hydroxyl groups excluding tert-OH is 1. The van der Waals surface area contributed by atoms with Crippen LogP contribution in [0.25, 0.3) is 0 Å². The zero-order valence-electron chi connectivity index (χ0n) is 30.7. The van der Waals surface area contributed by atoms with E-state index in [1.807, 2.05) is 5.57 Å². The van der Waals surface area contributed by atoms with Gasteiger partial charge in [-0.05, 0) is 127 Å². The molecular weight excluding hydrogens is 552 g/mol. The first-order chi connectivity index (χ1) is 21.1. The number of unbranched alkanes of at least 4 members (excludes halogenated alkanes) is 9. The second-order valence-electron chi connectivity index (χ2n) is 19.4. The van der Waals surface area contributed by atoms with Gasteiger partial charge in [0.1, 0.15) is 0 Å². The molecule has 3 heteroatoms. The summed E-state index contributed by atoms with van der Waals surface area (Å²) in [4.78, 5) is 10.7. The van der Waals surface area contributed by atoms with Crippen molar-refractivity contribution in [1.82, 2.24) is 0 Å². The van der Waals surface area contributed by atoms with Crippen LogP contribution in [0.5, 0.6) is 0 Å². The molecule has 0 aromatic carbocycles. The third-order valence-electron chi connectivity index (χ3n) is 16.1. The van der Waals surface area contributed by atoms with Crippen LogP contribution in [-0.2, 0) is 4.79 Å². The lowest BCUT2D eigenvalue weighted by Gasteiger charge is -2.71. The lowest BCUT2D eigenvalue weighted by molar-refractivity contribution is -0.203. The molecule has 5 aliphatic rings. The molecule has 0 radical (unpaired) electrons. The van der Waals surface area contributed by atoms with Crippen molar-refractivity contribution >= 4 is 5.97 Å². The molecule has 4 fully saturated rings. The van der Waals surface area contributed by atoms with Crippen molar-refractivity contribution < 1.29 is 15.0 Å². The minimum atomic E-state index is -0.652. The summed E-state index contributed by atoms with van der Waals surface area (Å²) in [6.45, 7) is 18.0. The van der Waals surface area contributed by atoms with Crippen LogP contribution in [-0.4, -0.2) is 22.3 Å². The molecular formula is C42H72O3. The number of aliphatic carboxylic acids is 1. The van der Waals surface area contributed by atoms with Gasteiger partial charge in [-0.25, -0.2) is 0 Å². The Hall–Kier alpha value is -0.830. The quantitative estimate of drug-likeness (QED) is 0.158. The third kappa shape index (κ3) is 6.49. The van der Waals surface area contributed by atoms with E-state index in [2.05, 4.69) is 54.5 Å². The molecule has 0 saturated heterocycles. The van der Waals surface area contributed by atoms with Crippen molar-refractivity contribution in [3.8, 4) is 0 Å². The number of hydrogen-bond donors (Lipinski definition) is 2. The Morgan fingerprint density at radius 1 is 0.733 bits per heavy atom. The van der Waals surface area contributed by atoms with E-state index >= 15 is 0 Å². The topological polar surface area (TPSA) is 57.5 Å². The molecule has 0 aromatic heterocycles. The Kier molecular flexibility index (Phi) is 10.4. The highest BCUT2D eigenvalue weighted by atomic mass is 16.4. The smallest absolute Gasteiger partial charge is 0.303 e. The van der Waals surface area contributed by atoms with Crippen LogP contribution in [0.15, 0.2) is 11.6 Å². The minimum absolute atomic E-state index is 0.0255. The number of aliphatic hydroxyl groups is 1. The number of carboxylic acid groups (broad SMARTS) is 1. The first-order valence-electron chi connectivity index (χ1n) is 19.7. The van der Waals surface area contributed by atoms with Crippen LogP contribution in [0.4, 0.5) is 0 Å². The van der Waals surface area contributed by atoms with Crippen LogP contribution >= 0.6 is 0 Å². The second kappa shape index (κ2) is 13.2. The summed E-state index contributed by atoms with van der Waals surface area (Å²) < 4.78 is 0. The summed E-state index contributed by atoms with van der Waals surface area (Å²) >= 11 is 0. The fourth-order valence-electron chi connectivity index (χ4n) is 12.9. The monoisotopic (exact) mass is 625 g/mol. The van der Waals surface area contributed by atoms with Gasteiger partial charge in [-0.3, -0.25) is 4.79 Å². The predicted molar refractivity (Wildman–Crippen MR) is 188 cm³/mol. The fourth-order valence-corrected chi connectivity index (χ4v) is 12.9. The Labute approximate surface area is 278 Å². The van der Waals surface area contributed by atoms with Gasteiger partial charge < -0.3 is 10.2 Å². The van der Waals surface area contributed by atoms with Gasteiger partial charge in [0.05, 0.1) is 6.10 Å². The van der Waals surface area contributed by atoms with E-state index in [1.54, 1.807) is 0 Å². The summed E-state index contributed by atoms with van der Waals surface area (Å²) in [5.74, 6) is 1.48.